The van der Waals surface area contributed by atoms with Gasteiger partial charge in [0.15, 0.2) is 12.4 Å². The van der Waals surface area contributed by atoms with Crippen molar-refractivity contribution < 1.29 is 54.8 Å². The van der Waals surface area contributed by atoms with Crippen LogP contribution >= 0.6 is 0 Å². The van der Waals surface area contributed by atoms with E-state index in [0.717, 1.165) is 19.3 Å². The smallest absolute Gasteiger partial charge is 0.306 e. The number of hydrogen-bond acceptors (Lipinski definition) is 12. The van der Waals surface area contributed by atoms with Crippen molar-refractivity contribution >= 4 is 5.97 Å². The molecular formula is C28H53NO11. The Labute approximate surface area is 237 Å². The van der Waals surface area contributed by atoms with Gasteiger partial charge in [-0.25, -0.2) is 0 Å². The lowest BCUT2D eigenvalue weighted by molar-refractivity contribution is -0.317. The lowest BCUT2D eigenvalue weighted by Gasteiger charge is -2.46. The number of hydrogen-bond donors (Lipinski definition) is 8. The van der Waals surface area contributed by atoms with Crippen molar-refractivity contribution in [3.8, 4) is 0 Å². The first-order valence-electron chi connectivity index (χ1n) is 15.1. The topological polar surface area (TPSA) is 212 Å². The highest BCUT2D eigenvalue weighted by molar-refractivity contribution is 5.69. The van der Waals surface area contributed by atoms with E-state index < -0.39 is 79.8 Å². The Morgan fingerprint density at radius 1 is 0.675 bits per heavy atom. The summed E-state index contributed by atoms with van der Waals surface area (Å²) in [4.78, 5) is 12.4. The Balaban J connectivity index is 1.73. The molecule has 1 saturated heterocycles. The molecule has 1 aliphatic carbocycles. The Hall–Kier alpha value is -0.930. The van der Waals surface area contributed by atoms with Crippen LogP contribution in [-0.2, 0) is 19.0 Å². The normalized spacial score (nSPS) is 36.5. The molecule has 0 amide bonds. The van der Waals surface area contributed by atoms with E-state index in [4.69, 9.17) is 19.9 Å². The van der Waals surface area contributed by atoms with Gasteiger partial charge >= 0.3 is 5.97 Å². The minimum atomic E-state index is -1.83. The second-order valence-corrected chi connectivity index (χ2v) is 11.3. The van der Waals surface area contributed by atoms with E-state index in [-0.39, 0.29) is 6.42 Å². The third-order valence-electron chi connectivity index (χ3n) is 8.02. The number of esters is 1. The maximum absolute atomic E-state index is 12.4. The van der Waals surface area contributed by atoms with E-state index in [1.807, 2.05) is 0 Å². The molecule has 0 aromatic carbocycles. The third kappa shape index (κ3) is 10.4. The van der Waals surface area contributed by atoms with Crippen LogP contribution in [-0.4, -0.2) is 116 Å². The molecule has 11 atom stereocenters. The van der Waals surface area contributed by atoms with Crippen LogP contribution in [0.5, 0.6) is 0 Å². The molecule has 1 saturated carbocycles. The average Bonchev–Trinajstić information content (AvgIpc) is 2.94. The molecule has 40 heavy (non-hydrogen) atoms. The van der Waals surface area contributed by atoms with Crippen molar-refractivity contribution in [2.24, 2.45) is 5.73 Å². The van der Waals surface area contributed by atoms with Gasteiger partial charge in [-0.1, -0.05) is 84.0 Å². The van der Waals surface area contributed by atoms with Gasteiger partial charge in [-0.3, -0.25) is 4.79 Å². The summed E-state index contributed by atoms with van der Waals surface area (Å²) in [5, 5.41) is 71.4. The molecule has 0 aromatic rings. The maximum atomic E-state index is 12.4. The molecule has 0 bridgehead atoms. The van der Waals surface area contributed by atoms with Crippen LogP contribution in [0.2, 0.25) is 0 Å². The molecule has 2 fully saturated rings. The fraction of sp³-hybridized carbons (Fsp3) is 0.964. The van der Waals surface area contributed by atoms with E-state index in [2.05, 4.69) is 6.92 Å². The van der Waals surface area contributed by atoms with Crippen LogP contribution < -0.4 is 5.73 Å². The molecule has 1 heterocycles. The zero-order valence-corrected chi connectivity index (χ0v) is 23.8. The summed E-state index contributed by atoms with van der Waals surface area (Å²) in [6.45, 7) is 1.56. The summed E-state index contributed by atoms with van der Waals surface area (Å²) in [5.41, 5.74) is 5.85. The van der Waals surface area contributed by atoms with E-state index in [0.29, 0.717) is 6.42 Å². The molecule has 12 heteroatoms. The third-order valence-corrected chi connectivity index (χ3v) is 8.02. The lowest BCUT2D eigenvalue weighted by atomic mass is 9.84. The molecule has 9 N–H and O–H groups in total. The van der Waals surface area contributed by atoms with Gasteiger partial charge in [-0.15, -0.1) is 0 Å². The van der Waals surface area contributed by atoms with Crippen molar-refractivity contribution in [2.75, 3.05) is 6.61 Å². The SMILES string of the molecule is CCCCCCCCCCCCCCCC(=O)O[C@@H]1C(O)C(O[C@@H]2OC(CO)[C@H](O)[C@H](O)C2N)[C@H](O)[C@H](O)C1O. The summed E-state index contributed by atoms with van der Waals surface area (Å²) in [7, 11) is 0. The van der Waals surface area contributed by atoms with E-state index in [1.165, 1.54) is 57.8 Å². The van der Waals surface area contributed by atoms with Gasteiger partial charge in [-0.2, -0.15) is 0 Å². The highest BCUT2D eigenvalue weighted by atomic mass is 16.7. The van der Waals surface area contributed by atoms with Crippen molar-refractivity contribution in [2.45, 2.75) is 164 Å². The summed E-state index contributed by atoms with van der Waals surface area (Å²) in [6.07, 6.45) is -1.08. The number of rotatable bonds is 18. The molecule has 1 aliphatic heterocycles. The lowest BCUT2D eigenvalue weighted by Crippen LogP contribution is -2.68. The quantitative estimate of drug-likeness (QED) is 0.0795. The van der Waals surface area contributed by atoms with Crippen molar-refractivity contribution in [1.29, 1.82) is 0 Å². The fourth-order valence-electron chi connectivity index (χ4n) is 5.36. The van der Waals surface area contributed by atoms with Crippen molar-refractivity contribution in [3.63, 3.8) is 0 Å². The fourth-order valence-corrected chi connectivity index (χ4v) is 5.36. The Morgan fingerprint density at radius 3 is 1.70 bits per heavy atom. The Bertz CT molecular complexity index is 699. The predicted molar refractivity (Wildman–Crippen MR) is 145 cm³/mol. The number of carbonyl (C=O) groups is 1. The first-order chi connectivity index (χ1) is 19.1. The predicted octanol–water partition coefficient (Wildman–Crippen LogP) is -0.0118. The summed E-state index contributed by atoms with van der Waals surface area (Å²) in [5.74, 6) is -0.669. The molecular weight excluding hydrogens is 526 g/mol. The average molecular weight is 580 g/mol. The Kier molecular flexibility index (Phi) is 16.4. The Morgan fingerprint density at radius 2 is 1.18 bits per heavy atom. The minimum absolute atomic E-state index is 0.0662. The number of nitrogens with two attached hydrogens (primary N) is 1. The number of aliphatic hydroxyl groups is 7. The second-order valence-electron chi connectivity index (χ2n) is 11.3. The van der Waals surface area contributed by atoms with Crippen LogP contribution in [0.15, 0.2) is 0 Å². The number of unbranched alkanes of at least 4 members (excludes halogenated alkanes) is 12. The molecule has 0 spiro atoms. The van der Waals surface area contributed by atoms with Crippen molar-refractivity contribution in [1.82, 2.24) is 0 Å². The molecule has 2 rings (SSSR count). The van der Waals surface area contributed by atoms with Gasteiger partial charge in [0.2, 0.25) is 0 Å². The van der Waals surface area contributed by atoms with Gasteiger partial charge in [0, 0.05) is 6.42 Å². The van der Waals surface area contributed by atoms with Crippen LogP contribution in [0.3, 0.4) is 0 Å². The van der Waals surface area contributed by atoms with E-state index in [9.17, 15) is 40.5 Å². The van der Waals surface area contributed by atoms with Gasteiger partial charge in [0.25, 0.3) is 0 Å². The molecule has 0 aromatic heterocycles. The van der Waals surface area contributed by atoms with Crippen LogP contribution in [0.4, 0.5) is 0 Å². The standard InChI is InChI=1S/C28H53NO11/c1-2-3-4-5-6-7-8-9-10-11-12-13-14-15-18(31)39-26-23(35)22(34)24(36)27(25(26)37)40-28-19(29)21(33)20(32)17(16-30)38-28/h17,19-28,30,32-37H,2-16,29H2,1H3/t17?,19?,20-,21+,22+,23?,24+,25?,26-,27?,28-/m0/s1. The molecule has 2 aliphatic rings. The molecule has 5 unspecified atom stereocenters. The zero-order valence-electron chi connectivity index (χ0n) is 23.8. The van der Waals surface area contributed by atoms with E-state index in [1.54, 1.807) is 0 Å². The maximum Gasteiger partial charge on any atom is 0.306 e. The number of ether oxygens (including phenoxy) is 3. The van der Waals surface area contributed by atoms with Crippen LogP contribution in [0.1, 0.15) is 96.8 Å². The molecule has 0 radical (unpaired) electrons. The van der Waals surface area contributed by atoms with Crippen molar-refractivity contribution in [3.05, 3.63) is 0 Å². The van der Waals surface area contributed by atoms with Crippen LogP contribution in [0, 0.1) is 0 Å². The van der Waals surface area contributed by atoms with Crippen LogP contribution in [0.25, 0.3) is 0 Å². The zero-order chi connectivity index (χ0) is 29.7. The van der Waals surface area contributed by atoms with Gasteiger partial charge in [-0.05, 0) is 6.42 Å². The first-order valence-corrected chi connectivity index (χ1v) is 15.1. The molecule has 12 nitrogen and oxygen atoms in total. The summed E-state index contributed by atoms with van der Waals surface area (Å²) < 4.78 is 16.2. The molecule has 236 valence electrons. The highest BCUT2D eigenvalue weighted by Gasteiger charge is 2.54. The largest absolute Gasteiger partial charge is 0.457 e. The number of aliphatic hydroxyl groups excluding tert-OH is 7. The minimum Gasteiger partial charge on any atom is -0.457 e. The first kappa shape index (κ1) is 35.3. The monoisotopic (exact) mass is 579 g/mol. The highest BCUT2D eigenvalue weighted by Crippen LogP contribution is 2.30. The van der Waals surface area contributed by atoms with E-state index >= 15 is 0 Å². The summed E-state index contributed by atoms with van der Waals surface area (Å²) >= 11 is 0. The second kappa shape index (κ2) is 18.6. The van der Waals surface area contributed by atoms with Gasteiger partial charge in [0.1, 0.15) is 48.8 Å². The number of carbonyl (C=O) groups excluding carboxylic acids is 1. The summed E-state index contributed by atoms with van der Waals surface area (Å²) in [6, 6.07) is -1.32. The van der Waals surface area contributed by atoms with Gasteiger partial charge in [0.05, 0.1) is 12.6 Å². The van der Waals surface area contributed by atoms with Gasteiger partial charge < -0.3 is 55.7 Å².